The van der Waals surface area contributed by atoms with Crippen LogP contribution in [-0.2, 0) is 6.42 Å². The topological polar surface area (TPSA) is 63.3 Å². The number of aryl methyl sites for hydroxylation is 2. The molecule has 1 N–H and O–H groups in total. The number of aromatic carboxylic acids is 1. The van der Waals surface area contributed by atoms with E-state index < -0.39 is 5.97 Å². The minimum absolute atomic E-state index is 0.0925. The standard InChI is InChI=1S/C15H17NO3/c1-3-4-5-11-6-8-12(9-7-11)14-16-10(2)13(19-14)15(17)18/h6-9H,3-5H2,1-2H3,(H,17,18). The van der Waals surface area contributed by atoms with Crippen molar-refractivity contribution in [1.29, 1.82) is 0 Å². The Hall–Kier alpha value is -2.10. The number of hydrogen-bond donors (Lipinski definition) is 1. The van der Waals surface area contributed by atoms with E-state index in [9.17, 15) is 4.79 Å². The van der Waals surface area contributed by atoms with Gasteiger partial charge in [-0.2, -0.15) is 0 Å². The lowest BCUT2D eigenvalue weighted by Gasteiger charge is -2.00. The SMILES string of the molecule is CCCCc1ccc(-c2nc(C)c(C(=O)O)o2)cc1. The summed E-state index contributed by atoms with van der Waals surface area (Å²) in [5, 5.41) is 8.93. The van der Waals surface area contributed by atoms with Crippen molar-refractivity contribution >= 4 is 5.97 Å². The van der Waals surface area contributed by atoms with E-state index in [2.05, 4.69) is 11.9 Å². The van der Waals surface area contributed by atoms with Gasteiger partial charge in [-0.1, -0.05) is 25.5 Å². The summed E-state index contributed by atoms with van der Waals surface area (Å²) in [6.45, 7) is 3.80. The average Bonchev–Trinajstić information content (AvgIpc) is 2.79. The second-order valence-corrected chi connectivity index (χ2v) is 4.54. The average molecular weight is 259 g/mol. The highest BCUT2D eigenvalue weighted by Gasteiger charge is 2.16. The molecule has 0 unspecified atom stereocenters. The first-order valence-corrected chi connectivity index (χ1v) is 6.42. The first-order chi connectivity index (χ1) is 9.11. The second kappa shape index (κ2) is 5.69. The maximum atomic E-state index is 10.9. The predicted molar refractivity (Wildman–Crippen MR) is 72.2 cm³/mol. The van der Waals surface area contributed by atoms with E-state index in [-0.39, 0.29) is 5.76 Å². The van der Waals surface area contributed by atoms with E-state index in [0.29, 0.717) is 11.6 Å². The van der Waals surface area contributed by atoms with E-state index in [1.165, 1.54) is 18.4 Å². The normalized spacial score (nSPS) is 10.6. The maximum absolute atomic E-state index is 10.9. The van der Waals surface area contributed by atoms with Crippen LogP contribution in [0, 0.1) is 6.92 Å². The Bertz CT molecular complexity index is 570. The first-order valence-electron chi connectivity index (χ1n) is 6.42. The zero-order chi connectivity index (χ0) is 13.8. The zero-order valence-electron chi connectivity index (χ0n) is 11.1. The van der Waals surface area contributed by atoms with Gasteiger partial charge in [0.1, 0.15) is 0 Å². The third-order valence-electron chi connectivity index (χ3n) is 3.01. The molecular weight excluding hydrogens is 242 g/mol. The molecule has 0 aliphatic rings. The van der Waals surface area contributed by atoms with E-state index in [1.54, 1.807) is 6.92 Å². The number of oxazole rings is 1. The molecule has 0 spiro atoms. The van der Waals surface area contributed by atoms with Crippen LogP contribution in [0.25, 0.3) is 11.5 Å². The summed E-state index contributed by atoms with van der Waals surface area (Å²) in [5.41, 5.74) is 2.47. The zero-order valence-corrected chi connectivity index (χ0v) is 11.1. The highest BCUT2D eigenvalue weighted by Crippen LogP contribution is 2.22. The van der Waals surface area contributed by atoms with Gasteiger partial charge in [-0.15, -0.1) is 0 Å². The molecule has 2 rings (SSSR count). The molecular formula is C15H17NO3. The van der Waals surface area contributed by atoms with Crippen molar-refractivity contribution in [1.82, 2.24) is 4.98 Å². The molecule has 19 heavy (non-hydrogen) atoms. The van der Waals surface area contributed by atoms with Crippen LogP contribution < -0.4 is 0 Å². The highest BCUT2D eigenvalue weighted by atomic mass is 16.4. The van der Waals surface area contributed by atoms with Crippen LogP contribution in [-0.4, -0.2) is 16.1 Å². The molecule has 0 radical (unpaired) electrons. The Labute approximate surface area is 112 Å². The molecule has 1 aromatic carbocycles. The summed E-state index contributed by atoms with van der Waals surface area (Å²) < 4.78 is 5.27. The van der Waals surface area contributed by atoms with Crippen LogP contribution in [0.4, 0.5) is 0 Å². The lowest BCUT2D eigenvalue weighted by atomic mass is 10.1. The molecule has 1 aromatic heterocycles. The van der Waals surface area contributed by atoms with Gasteiger partial charge in [0, 0.05) is 5.56 Å². The van der Waals surface area contributed by atoms with Crippen LogP contribution in [0.15, 0.2) is 28.7 Å². The molecule has 0 saturated heterocycles. The van der Waals surface area contributed by atoms with Crippen LogP contribution in [0.5, 0.6) is 0 Å². The third kappa shape index (κ3) is 3.02. The lowest BCUT2D eigenvalue weighted by molar-refractivity contribution is 0.0662. The fourth-order valence-electron chi connectivity index (χ4n) is 1.91. The first kappa shape index (κ1) is 13.3. The molecule has 0 aliphatic heterocycles. The van der Waals surface area contributed by atoms with Crippen LogP contribution in [0.1, 0.15) is 41.6 Å². The molecule has 4 heteroatoms. The van der Waals surface area contributed by atoms with Crippen molar-refractivity contribution in [3.8, 4) is 11.5 Å². The van der Waals surface area contributed by atoms with Crippen molar-refractivity contribution in [2.24, 2.45) is 0 Å². The number of carboxylic acid groups (broad SMARTS) is 1. The quantitative estimate of drug-likeness (QED) is 0.889. The van der Waals surface area contributed by atoms with E-state index in [4.69, 9.17) is 9.52 Å². The van der Waals surface area contributed by atoms with Gasteiger partial charge >= 0.3 is 5.97 Å². The molecule has 1 heterocycles. The van der Waals surface area contributed by atoms with Crippen LogP contribution in [0.2, 0.25) is 0 Å². The number of benzene rings is 1. The number of carbonyl (C=O) groups is 1. The number of carboxylic acids is 1. The molecule has 0 saturated carbocycles. The van der Waals surface area contributed by atoms with E-state index in [1.807, 2.05) is 24.3 Å². The van der Waals surface area contributed by atoms with Gasteiger partial charge in [0.15, 0.2) is 0 Å². The van der Waals surface area contributed by atoms with Gasteiger partial charge in [0.05, 0.1) is 5.69 Å². The maximum Gasteiger partial charge on any atom is 0.373 e. The Balaban J connectivity index is 2.22. The molecule has 4 nitrogen and oxygen atoms in total. The fourth-order valence-corrected chi connectivity index (χ4v) is 1.91. The fraction of sp³-hybridized carbons (Fsp3) is 0.333. The Morgan fingerprint density at radius 3 is 2.53 bits per heavy atom. The summed E-state index contributed by atoms with van der Waals surface area (Å²) in [6.07, 6.45) is 3.39. The van der Waals surface area contributed by atoms with Gasteiger partial charge in [-0.05, 0) is 37.5 Å². The van der Waals surface area contributed by atoms with Gasteiger partial charge in [-0.25, -0.2) is 9.78 Å². The summed E-state index contributed by atoms with van der Waals surface area (Å²) in [5.74, 6) is -0.821. The number of aromatic nitrogens is 1. The molecule has 100 valence electrons. The van der Waals surface area contributed by atoms with Gasteiger partial charge < -0.3 is 9.52 Å². The number of unbranched alkanes of at least 4 members (excludes halogenated alkanes) is 1. The third-order valence-corrected chi connectivity index (χ3v) is 3.01. The molecule has 0 amide bonds. The van der Waals surface area contributed by atoms with Crippen LogP contribution >= 0.6 is 0 Å². The number of nitrogens with zero attached hydrogens (tertiary/aromatic N) is 1. The van der Waals surface area contributed by atoms with Crippen molar-refractivity contribution in [2.45, 2.75) is 33.1 Å². The van der Waals surface area contributed by atoms with Crippen molar-refractivity contribution < 1.29 is 14.3 Å². The summed E-state index contributed by atoms with van der Waals surface area (Å²) in [7, 11) is 0. The summed E-state index contributed by atoms with van der Waals surface area (Å²) in [6, 6.07) is 7.90. The molecule has 2 aromatic rings. The van der Waals surface area contributed by atoms with Crippen molar-refractivity contribution in [2.75, 3.05) is 0 Å². The van der Waals surface area contributed by atoms with Gasteiger partial charge in [0.2, 0.25) is 11.7 Å². The minimum Gasteiger partial charge on any atom is -0.475 e. The largest absolute Gasteiger partial charge is 0.475 e. The van der Waals surface area contributed by atoms with E-state index in [0.717, 1.165) is 12.0 Å². The van der Waals surface area contributed by atoms with Crippen LogP contribution in [0.3, 0.4) is 0 Å². The van der Waals surface area contributed by atoms with E-state index >= 15 is 0 Å². The minimum atomic E-state index is -1.09. The molecule has 0 aliphatic carbocycles. The number of hydrogen-bond acceptors (Lipinski definition) is 3. The predicted octanol–water partition coefficient (Wildman–Crippen LogP) is 3.69. The van der Waals surface area contributed by atoms with Crippen molar-refractivity contribution in [3.63, 3.8) is 0 Å². The lowest BCUT2D eigenvalue weighted by Crippen LogP contribution is -1.95. The summed E-state index contributed by atoms with van der Waals surface area (Å²) in [4.78, 5) is 15.1. The van der Waals surface area contributed by atoms with Gasteiger partial charge in [-0.3, -0.25) is 0 Å². The Morgan fingerprint density at radius 2 is 2.00 bits per heavy atom. The number of rotatable bonds is 5. The monoisotopic (exact) mass is 259 g/mol. The van der Waals surface area contributed by atoms with Gasteiger partial charge in [0.25, 0.3) is 0 Å². The highest BCUT2D eigenvalue weighted by molar-refractivity contribution is 5.86. The second-order valence-electron chi connectivity index (χ2n) is 4.54. The summed E-state index contributed by atoms with van der Waals surface area (Å²) >= 11 is 0. The Kier molecular flexibility index (Phi) is 4.00. The smallest absolute Gasteiger partial charge is 0.373 e. The molecule has 0 atom stereocenters. The molecule has 0 fully saturated rings. The Morgan fingerprint density at radius 1 is 1.32 bits per heavy atom. The molecule has 0 bridgehead atoms. The van der Waals surface area contributed by atoms with Crippen molar-refractivity contribution in [3.05, 3.63) is 41.3 Å².